The molecule has 102 valence electrons. The number of hydrogen-bond donors (Lipinski definition) is 2. The smallest absolute Gasteiger partial charge is 0.197 e. The van der Waals surface area contributed by atoms with Gasteiger partial charge in [0.25, 0.3) is 0 Å². The highest BCUT2D eigenvalue weighted by Gasteiger charge is 2.17. The van der Waals surface area contributed by atoms with Crippen LogP contribution in [-0.2, 0) is 6.54 Å². The fourth-order valence-corrected chi connectivity index (χ4v) is 3.51. The highest BCUT2D eigenvalue weighted by molar-refractivity contribution is 7.15. The fourth-order valence-electron chi connectivity index (χ4n) is 2.75. The van der Waals surface area contributed by atoms with Crippen LogP contribution in [0.2, 0.25) is 0 Å². The number of hydrazine groups is 1. The molecule has 0 radical (unpaired) electrons. The first kappa shape index (κ1) is 13.8. The van der Waals surface area contributed by atoms with Crippen LogP contribution in [0.15, 0.2) is 6.20 Å². The average molecular weight is 268 g/mol. The zero-order chi connectivity index (χ0) is 12.8. The van der Waals surface area contributed by atoms with E-state index < -0.39 is 0 Å². The molecule has 0 saturated carbocycles. The van der Waals surface area contributed by atoms with Crippen LogP contribution in [0, 0.1) is 5.92 Å². The maximum Gasteiger partial charge on any atom is 0.197 e. The number of nitrogens with zero attached hydrogens (tertiary/aromatic N) is 2. The molecule has 1 aliphatic rings. The highest BCUT2D eigenvalue weighted by Crippen LogP contribution is 2.24. The van der Waals surface area contributed by atoms with Crippen molar-refractivity contribution < 1.29 is 0 Å². The van der Waals surface area contributed by atoms with Crippen molar-refractivity contribution in [3.05, 3.63) is 11.1 Å². The van der Waals surface area contributed by atoms with Gasteiger partial charge < -0.3 is 0 Å². The first-order valence-electron chi connectivity index (χ1n) is 6.95. The predicted molar refractivity (Wildman–Crippen MR) is 77.5 cm³/mol. The Balaban J connectivity index is 1.82. The van der Waals surface area contributed by atoms with Crippen molar-refractivity contribution in [1.29, 1.82) is 0 Å². The van der Waals surface area contributed by atoms with E-state index in [1.807, 2.05) is 6.20 Å². The van der Waals surface area contributed by atoms with E-state index in [4.69, 9.17) is 5.84 Å². The van der Waals surface area contributed by atoms with Gasteiger partial charge in [0.2, 0.25) is 0 Å². The molecule has 5 heteroatoms. The van der Waals surface area contributed by atoms with Crippen molar-refractivity contribution in [3.8, 4) is 0 Å². The lowest BCUT2D eigenvalue weighted by Crippen LogP contribution is -2.23. The van der Waals surface area contributed by atoms with Gasteiger partial charge in [-0.1, -0.05) is 31.1 Å². The van der Waals surface area contributed by atoms with Crippen LogP contribution in [0.5, 0.6) is 0 Å². The summed E-state index contributed by atoms with van der Waals surface area (Å²) in [5.41, 5.74) is 2.61. The van der Waals surface area contributed by atoms with Crippen LogP contribution in [0.3, 0.4) is 0 Å². The Morgan fingerprint density at radius 2 is 2.39 bits per heavy atom. The fraction of sp³-hybridized carbons (Fsp3) is 0.769. The van der Waals surface area contributed by atoms with Crippen molar-refractivity contribution in [1.82, 2.24) is 9.88 Å². The second kappa shape index (κ2) is 7.07. The summed E-state index contributed by atoms with van der Waals surface area (Å²) in [5, 5.41) is 0.809. The second-order valence-corrected chi connectivity index (χ2v) is 6.25. The number of nitrogens with one attached hydrogen (secondary N) is 1. The molecule has 1 unspecified atom stereocenters. The van der Waals surface area contributed by atoms with E-state index in [-0.39, 0.29) is 0 Å². The normalized spacial score (nSPS) is 21.8. The van der Waals surface area contributed by atoms with Crippen molar-refractivity contribution >= 4 is 16.5 Å². The Labute approximate surface area is 114 Å². The highest BCUT2D eigenvalue weighted by atomic mass is 32.1. The largest absolute Gasteiger partial charge is 0.300 e. The van der Waals surface area contributed by atoms with E-state index in [9.17, 15) is 0 Å². The molecule has 2 heterocycles. The maximum atomic E-state index is 5.36. The number of nitrogen functional groups attached to an aromatic ring is 1. The summed E-state index contributed by atoms with van der Waals surface area (Å²) in [6.07, 6.45) is 8.76. The summed E-state index contributed by atoms with van der Waals surface area (Å²) in [5.74, 6) is 6.30. The number of rotatable bonds is 5. The van der Waals surface area contributed by atoms with E-state index >= 15 is 0 Å². The summed E-state index contributed by atoms with van der Waals surface area (Å²) in [6, 6.07) is 0. The van der Waals surface area contributed by atoms with E-state index in [1.165, 1.54) is 50.1 Å². The third kappa shape index (κ3) is 3.93. The van der Waals surface area contributed by atoms with Crippen molar-refractivity contribution in [3.63, 3.8) is 0 Å². The minimum absolute atomic E-state index is 0.809. The van der Waals surface area contributed by atoms with E-state index in [1.54, 1.807) is 11.3 Å². The van der Waals surface area contributed by atoms with Gasteiger partial charge in [0.05, 0.1) is 0 Å². The van der Waals surface area contributed by atoms with Crippen LogP contribution >= 0.6 is 11.3 Å². The van der Waals surface area contributed by atoms with Gasteiger partial charge in [0, 0.05) is 17.6 Å². The molecule has 0 spiro atoms. The summed E-state index contributed by atoms with van der Waals surface area (Å²) in [7, 11) is 0. The molecule has 4 nitrogen and oxygen atoms in total. The van der Waals surface area contributed by atoms with E-state index in [0.29, 0.717) is 0 Å². The third-order valence-corrected chi connectivity index (χ3v) is 4.61. The Kier molecular flexibility index (Phi) is 5.41. The Bertz CT molecular complexity index is 353. The molecule has 18 heavy (non-hydrogen) atoms. The zero-order valence-electron chi connectivity index (χ0n) is 11.2. The first-order valence-corrected chi connectivity index (χ1v) is 7.77. The molecule has 1 aromatic rings. The Hall–Kier alpha value is -0.650. The van der Waals surface area contributed by atoms with Gasteiger partial charge in [-0.3, -0.25) is 10.3 Å². The van der Waals surface area contributed by atoms with Crippen LogP contribution in [0.25, 0.3) is 0 Å². The van der Waals surface area contributed by atoms with Gasteiger partial charge >= 0.3 is 0 Å². The number of anilines is 1. The molecular weight excluding hydrogens is 244 g/mol. The van der Waals surface area contributed by atoms with Crippen LogP contribution in [0.4, 0.5) is 5.13 Å². The molecule has 1 saturated heterocycles. The van der Waals surface area contributed by atoms with Gasteiger partial charge in [0.1, 0.15) is 0 Å². The first-order chi connectivity index (χ1) is 8.81. The molecule has 0 aliphatic carbocycles. The topological polar surface area (TPSA) is 54.2 Å². The number of thiazole rings is 1. The number of aromatic nitrogens is 1. The van der Waals surface area contributed by atoms with E-state index in [0.717, 1.165) is 17.6 Å². The summed E-state index contributed by atoms with van der Waals surface area (Å²) in [6.45, 7) is 5.77. The van der Waals surface area contributed by atoms with Gasteiger partial charge in [-0.25, -0.2) is 10.8 Å². The predicted octanol–water partition coefficient (Wildman–Crippen LogP) is 2.83. The molecule has 2 rings (SSSR count). The van der Waals surface area contributed by atoms with Crippen LogP contribution < -0.4 is 11.3 Å². The molecule has 3 N–H and O–H groups in total. The minimum atomic E-state index is 0.809. The monoisotopic (exact) mass is 268 g/mol. The molecule has 0 bridgehead atoms. The average Bonchev–Trinajstić information content (AvgIpc) is 2.71. The molecule has 1 aromatic heterocycles. The second-order valence-electron chi connectivity index (χ2n) is 5.14. The van der Waals surface area contributed by atoms with Crippen molar-refractivity contribution in [2.24, 2.45) is 11.8 Å². The van der Waals surface area contributed by atoms with Gasteiger partial charge in [-0.2, -0.15) is 0 Å². The van der Waals surface area contributed by atoms with Crippen LogP contribution in [-0.4, -0.2) is 23.0 Å². The minimum Gasteiger partial charge on any atom is -0.300 e. The SMILES string of the molecule is CCCC1CCCN(Cc2cnc(NN)s2)CC1. The summed E-state index contributed by atoms with van der Waals surface area (Å²) < 4.78 is 0. The van der Waals surface area contributed by atoms with Crippen molar-refractivity contribution in [2.75, 3.05) is 18.5 Å². The Morgan fingerprint density at radius 3 is 3.11 bits per heavy atom. The molecular formula is C13H24N4S. The van der Waals surface area contributed by atoms with Gasteiger partial charge in [0.15, 0.2) is 5.13 Å². The standard InChI is InChI=1S/C13H24N4S/c1-2-4-11-5-3-7-17(8-6-11)10-12-9-15-13(16-14)18-12/h9,11H,2-8,10,14H2,1H3,(H,15,16). The molecule has 1 atom stereocenters. The molecule has 0 aromatic carbocycles. The summed E-state index contributed by atoms with van der Waals surface area (Å²) in [4.78, 5) is 8.09. The quantitative estimate of drug-likeness (QED) is 0.637. The van der Waals surface area contributed by atoms with Crippen LogP contribution in [0.1, 0.15) is 43.9 Å². The van der Waals surface area contributed by atoms with E-state index in [2.05, 4.69) is 22.2 Å². The lowest BCUT2D eigenvalue weighted by molar-refractivity contribution is 0.273. The lowest BCUT2D eigenvalue weighted by Gasteiger charge is -2.18. The molecule has 0 amide bonds. The third-order valence-electron chi connectivity index (χ3n) is 3.69. The number of nitrogens with two attached hydrogens (primary N) is 1. The van der Waals surface area contributed by atoms with Gasteiger partial charge in [-0.15, -0.1) is 0 Å². The molecule has 1 fully saturated rings. The number of hydrogen-bond acceptors (Lipinski definition) is 5. The summed E-state index contributed by atoms with van der Waals surface area (Å²) >= 11 is 1.66. The zero-order valence-corrected chi connectivity index (χ0v) is 12.0. The molecule has 1 aliphatic heterocycles. The Morgan fingerprint density at radius 1 is 1.50 bits per heavy atom. The number of likely N-dealkylation sites (tertiary alicyclic amines) is 1. The maximum absolute atomic E-state index is 5.36. The van der Waals surface area contributed by atoms with Gasteiger partial charge in [-0.05, 0) is 38.3 Å². The van der Waals surface area contributed by atoms with Crippen molar-refractivity contribution in [2.45, 2.75) is 45.6 Å². The lowest BCUT2D eigenvalue weighted by atomic mass is 9.96.